The molecular formula is C10H17N5O2. The highest BCUT2D eigenvalue weighted by Crippen LogP contribution is 2.12. The summed E-state index contributed by atoms with van der Waals surface area (Å²) in [5.74, 6) is -0.396. The van der Waals surface area contributed by atoms with Crippen LogP contribution in [0.4, 0.5) is 10.5 Å². The summed E-state index contributed by atoms with van der Waals surface area (Å²) in [7, 11) is 3.25. The van der Waals surface area contributed by atoms with Gasteiger partial charge >= 0.3 is 6.03 Å². The molecule has 0 fully saturated rings. The number of carbonyl (C=O) groups excluding carboxylic acids is 2. The number of amides is 3. The fourth-order valence-corrected chi connectivity index (χ4v) is 1.32. The fraction of sp³-hybridized carbons (Fsp3) is 0.500. The van der Waals surface area contributed by atoms with Crippen LogP contribution in [0, 0.1) is 6.92 Å². The lowest BCUT2D eigenvalue weighted by atomic mass is 10.3. The molecule has 0 aliphatic heterocycles. The Morgan fingerprint density at radius 1 is 1.47 bits per heavy atom. The lowest BCUT2D eigenvalue weighted by molar-refractivity contribution is -0.120. The number of nitrogens with one attached hydrogen (secondary N) is 3. The lowest BCUT2D eigenvalue weighted by Gasteiger charge is -2.13. The Kier molecular flexibility index (Phi) is 4.08. The van der Waals surface area contributed by atoms with Gasteiger partial charge in [-0.15, -0.1) is 0 Å². The van der Waals surface area contributed by atoms with Crippen LogP contribution in [0.25, 0.3) is 0 Å². The molecule has 0 aliphatic rings. The number of imide groups is 1. The van der Waals surface area contributed by atoms with Gasteiger partial charge in [0.1, 0.15) is 6.04 Å². The number of hydrogen-bond donors (Lipinski definition) is 3. The molecule has 0 saturated carbocycles. The van der Waals surface area contributed by atoms with Crippen molar-refractivity contribution in [2.45, 2.75) is 19.9 Å². The highest BCUT2D eigenvalue weighted by atomic mass is 16.2. The average molecular weight is 239 g/mol. The summed E-state index contributed by atoms with van der Waals surface area (Å²) >= 11 is 0. The van der Waals surface area contributed by atoms with Gasteiger partial charge in [-0.25, -0.2) is 4.79 Å². The summed E-state index contributed by atoms with van der Waals surface area (Å²) < 4.78 is 1.65. The molecule has 7 nitrogen and oxygen atoms in total. The molecule has 1 atom stereocenters. The summed E-state index contributed by atoms with van der Waals surface area (Å²) in [6.45, 7) is 3.51. The van der Waals surface area contributed by atoms with Gasteiger partial charge in [-0.3, -0.25) is 14.8 Å². The summed E-state index contributed by atoms with van der Waals surface area (Å²) in [5.41, 5.74) is 1.57. The van der Waals surface area contributed by atoms with Crippen molar-refractivity contribution in [1.29, 1.82) is 0 Å². The minimum atomic E-state index is -0.522. The van der Waals surface area contributed by atoms with Crippen LogP contribution < -0.4 is 16.0 Å². The quantitative estimate of drug-likeness (QED) is 0.692. The minimum absolute atomic E-state index is 0.396. The van der Waals surface area contributed by atoms with Crippen molar-refractivity contribution < 1.29 is 9.59 Å². The molecule has 1 unspecified atom stereocenters. The predicted molar refractivity (Wildman–Crippen MR) is 63.6 cm³/mol. The van der Waals surface area contributed by atoms with Gasteiger partial charge in [0.15, 0.2) is 0 Å². The van der Waals surface area contributed by atoms with Crippen LogP contribution in [0.5, 0.6) is 0 Å². The van der Waals surface area contributed by atoms with Crippen LogP contribution in [0.15, 0.2) is 6.20 Å². The van der Waals surface area contributed by atoms with E-state index >= 15 is 0 Å². The smallest absolute Gasteiger partial charge is 0.321 e. The maximum atomic E-state index is 11.6. The first-order chi connectivity index (χ1) is 7.93. The molecule has 0 bridgehead atoms. The third-order valence-corrected chi connectivity index (χ3v) is 2.24. The Morgan fingerprint density at radius 2 is 2.12 bits per heavy atom. The Morgan fingerprint density at radius 3 is 2.59 bits per heavy atom. The van der Waals surface area contributed by atoms with Crippen molar-refractivity contribution in [1.82, 2.24) is 20.4 Å². The lowest BCUT2D eigenvalue weighted by Crippen LogP contribution is -2.44. The second kappa shape index (κ2) is 5.33. The van der Waals surface area contributed by atoms with E-state index in [2.05, 4.69) is 21.0 Å². The van der Waals surface area contributed by atoms with Crippen LogP contribution in [0.3, 0.4) is 0 Å². The van der Waals surface area contributed by atoms with Gasteiger partial charge in [-0.1, -0.05) is 0 Å². The van der Waals surface area contributed by atoms with Gasteiger partial charge in [0.2, 0.25) is 5.91 Å². The van der Waals surface area contributed by atoms with Crippen molar-refractivity contribution in [2.75, 3.05) is 12.4 Å². The number of carbonyl (C=O) groups is 2. The molecule has 1 aromatic rings. The number of rotatable bonds is 3. The molecule has 3 N–H and O–H groups in total. The van der Waals surface area contributed by atoms with E-state index in [1.165, 1.54) is 7.05 Å². The van der Waals surface area contributed by atoms with E-state index in [-0.39, 0.29) is 0 Å². The van der Waals surface area contributed by atoms with E-state index in [0.29, 0.717) is 0 Å². The second-order valence-corrected chi connectivity index (χ2v) is 3.74. The van der Waals surface area contributed by atoms with Gasteiger partial charge in [-0.2, -0.15) is 5.10 Å². The number of anilines is 1. The van der Waals surface area contributed by atoms with Gasteiger partial charge in [0, 0.05) is 20.3 Å². The van der Waals surface area contributed by atoms with Crippen LogP contribution in [0.1, 0.15) is 12.6 Å². The van der Waals surface area contributed by atoms with E-state index < -0.39 is 18.0 Å². The number of hydrogen-bond acceptors (Lipinski definition) is 4. The Labute approximate surface area is 99.6 Å². The molecule has 0 radical (unpaired) electrons. The van der Waals surface area contributed by atoms with Crippen molar-refractivity contribution in [3.8, 4) is 0 Å². The molecule has 1 heterocycles. The standard InChI is InChI=1S/C10H17N5O2/c1-6-8(5-15(4)14-6)12-7(2)9(16)13-10(17)11-3/h5,7,12H,1-4H3,(H2,11,13,16,17). The highest BCUT2D eigenvalue weighted by molar-refractivity contribution is 5.97. The van der Waals surface area contributed by atoms with Crippen molar-refractivity contribution in [3.63, 3.8) is 0 Å². The zero-order chi connectivity index (χ0) is 13.0. The van der Waals surface area contributed by atoms with E-state index in [1.54, 1.807) is 24.9 Å². The molecule has 1 rings (SSSR count). The van der Waals surface area contributed by atoms with Crippen LogP contribution in [-0.4, -0.2) is 34.8 Å². The molecule has 0 saturated heterocycles. The minimum Gasteiger partial charge on any atom is -0.371 e. The van der Waals surface area contributed by atoms with E-state index in [1.807, 2.05) is 6.92 Å². The topological polar surface area (TPSA) is 88.0 Å². The summed E-state index contributed by atoms with van der Waals surface area (Å²) in [6, 6.07) is -1.04. The third kappa shape index (κ3) is 3.47. The van der Waals surface area contributed by atoms with Gasteiger partial charge < -0.3 is 10.6 Å². The average Bonchev–Trinajstić information content (AvgIpc) is 2.57. The zero-order valence-corrected chi connectivity index (χ0v) is 10.4. The monoisotopic (exact) mass is 239 g/mol. The molecule has 0 aromatic carbocycles. The number of aromatic nitrogens is 2. The van der Waals surface area contributed by atoms with E-state index in [4.69, 9.17) is 0 Å². The SMILES string of the molecule is CNC(=O)NC(=O)C(C)Nc1cn(C)nc1C. The van der Waals surface area contributed by atoms with Crippen molar-refractivity contribution in [2.24, 2.45) is 7.05 Å². The summed E-state index contributed by atoms with van der Waals surface area (Å²) in [6.07, 6.45) is 1.78. The first-order valence-electron chi connectivity index (χ1n) is 5.23. The first-order valence-corrected chi connectivity index (χ1v) is 5.23. The molecule has 7 heteroatoms. The van der Waals surface area contributed by atoms with E-state index in [0.717, 1.165) is 11.4 Å². The summed E-state index contributed by atoms with van der Waals surface area (Å²) in [4.78, 5) is 22.5. The first kappa shape index (κ1) is 13.0. The summed E-state index contributed by atoms with van der Waals surface area (Å²) in [5, 5.41) is 11.6. The zero-order valence-electron chi connectivity index (χ0n) is 10.4. The number of aryl methyl sites for hydroxylation is 2. The maximum Gasteiger partial charge on any atom is 0.321 e. The molecule has 17 heavy (non-hydrogen) atoms. The second-order valence-electron chi connectivity index (χ2n) is 3.74. The fourth-order valence-electron chi connectivity index (χ4n) is 1.32. The molecular weight excluding hydrogens is 222 g/mol. The molecule has 3 amide bonds. The van der Waals surface area contributed by atoms with Gasteiger partial charge in [0.25, 0.3) is 0 Å². The molecule has 0 spiro atoms. The molecule has 94 valence electrons. The number of urea groups is 1. The van der Waals surface area contributed by atoms with Crippen LogP contribution in [-0.2, 0) is 11.8 Å². The Balaban J connectivity index is 2.60. The molecule has 0 aliphatic carbocycles. The third-order valence-electron chi connectivity index (χ3n) is 2.24. The van der Waals surface area contributed by atoms with Crippen molar-refractivity contribution >= 4 is 17.6 Å². The van der Waals surface area contributed by atoms with Crippen LogP contribution >= 0.6 is 0 Å². The highest BCUT2D eigenvalue weighted by Gasteiger charge is 2.16. The molecule has 1 aromatic heterocycles. The maximum absolute atomic E-state index is 11.6. The Hall–Kier alpha value is -2.05. The number of nitrogens with zero attached hydrogens (tertiary/aromatic N) is 2. The van der Waals surface area contributed by atoms with Gasteiger partial charge in [-0.05, 0) is 13.8 Å². The predicted octanol–water partition coefficient (Wildman–Crippen LogP) is -0.0155. The Bertz CT molecular complexity index is 426. The van der Waals surface area contributed by atoms with E-state index in [9.17, 15) is 9.59 Å². The normalized spacial score (nSPS) is 11.8. The van der Waals surface area contributed by atoms with Crippen molar-refractivity contribution in [3.05, 3.63) is 11.9 Å². The largest absolute Gasteiger partial charge is 0.371 e. The van der Waals surface area contributed by atoms with Gasteiger partial charge in [0.05, 0.1) is 11.4 Å². The van der Waals surface area contributed by atoms with Crippen LogP contribution in [0.2, 0.25) is 0 Å².